The highest BCUT2D eigenvalue weighted by Crippen LogP contribution is 2.11. The van der Waals surface area contributed by atoms with E-state index < -0.39 is 0 Å². The molecule has 2 N–H and O–H groups in total. The molecule has 0 spiro atoms. The highest BCUT2D eigenvalue weighted by molar-refractivity contribution is 4.67. The van der Waals surface area contributed by atoms with Gasteiger partial charge in [0, 0.05) is 0 Å². The molecule has 1 saturated heterocycles. The fourth-order valence-corrected chi connectivity index (χ4v) is 1.49. The molecule has 0 aromatic rings. The van der Waals surface area contributed by atoms with E-state index in [4.69, 9.17) is 9.84 Å². The zero-order valence-corrected chi connectivity index (χ0v) is 7.75. The summed E-state index contributed by atoms with van der Waals surface area (Å²) in [5.41, 5.74) is 0. The lowest BCUT2D eigenvalue weighted by Crippen LogP contribution is -2.23. The Morgan fingerprint density at radius 1 is 1.50 bits per heavy atom. The molecule has 0 aliphatic carbocycles. The average Bonchev–Trinajstić information content (AvgIpc) is 2.33. The fraction of sp³-hybridized carbons (Fsp3) is 1.00. The Bertz CT molecular complexity index is 111. The predicted molar refractivity (Wildman–Crippen MR) is 48.1 cm³/mol. The lowest BCUT2D eigenvalue weighted by atomic mass is 10.1. The standard InChI is InChI=1S/C9H19NO2/c1-8(7-11)12-9-3-2-5-10-6-4-9/h8-11H,2-7H2,1H3. The van der Waals surface area contributed by atoms with Crippen LogP contribution in [0, 0.1) is 0 Å². The average molecular weight is 173 g/mol. The van der Waals surface area contributed by atoms with E-state index in [0.717, 1.165) is 25.9 Å². The summed E-state index contributed by atoms with van der Waals surface area (Å²) in [4.78, 5) is 0. The number of aliphatic hydroxyl groups is 1. The first kappa shape index (κ1) is 9.96. The number of aliphatic hydroxyl groups excluding tert-OH is 1. The Hall–Kier alpha value is -0.120. The Kier molecular flexibility index (Phi) is 4.58. The van der Waals surface area contributed by atoms with Gasteiger partial charge < -0.3 is 15.2 Å². The van der Waals surface area contributed by atoms with Gasteiger partial charge in [0.2, 0.25) is 0 Å². The molecule has 2 atom stereocenters. The maximum absolute atomic E-state index is 8.80. The van der Waals surface area contributed by atoms with E-state index in [1.807, 2.05) is 6.92 Å². The van der Waals surface area contributed by atoms with Crippen LogP contribution in [0.4, 0.5) is 0 Å². The molecule has 72 valence electrons. The van der Waals surface area contributed by atoms with Crippen molar-refractivity contribution in [2.45, 2.75) is 38.4 Å². The highest BCUT2D eigenvalue weighted by atomic mass is 16.5. The van der Waals surface area contributed by atoms with E-state index in [9.17, 15) is 0 Å². The first-order valence-electron chi connectivity index (χ1n) is 4.80. The quantitative estimate of drug-likeness (QED) is 0.654. The van der Waals surface area contributed by atoms with Gasteiger partial charge in [0.05, 0.1) is 18.8 Å². The Balaban J connectivity index is 2.20. The van der Waals surface area contributed by atoms with Crippen LogP contribution in [0.1, 0.15) is 26.2 Å². The van der Waals surface area contributed by atoms with Crippen molar-refractivity contribution in [3.63, 3.8) is 0 Å². The van der Waals surface area contributed by atoms with Crippen molar-refractivity contribution in [1.82, 2.24) is 5.32 Å². The zero-order chi connectivity index (χ0) is 8.81. The second-order valence-electron chi connectivity index (χ2n) is 3.43. The SMILES string of the molecule is CC(CO)OC1CCCNCC1. The summed E-state index contributed by atoms with van der Waals surface area (Å²) in [6.45, 7) is 4.19. The molecule has 0 bridgehead atoms. The summed E-state index contributed by atoms with van der Waals surface area (Å²) < 4.78 is 5.63. The molecule has 12 heavy (non-hydrogen) atoms. The molecule has 1 rings (SSSR count). The van der Waals surface area contributed by atoms with Crippen LogP contribution < -0.4 is 5.32 Å². The Morgan fingerprint density at radius 2 is 2.33 bits per heavy atom. The van der Waals surface area contributed by atoms with Gasteiger partial charge in [-0.1, -0.05) is 0 Å². The monoisotopic (exact) mass is 173 g/mol. The highest BCUT2D eigenvalue weighted by Gasteiger charge is 2.14. The minimum atomic E-state index is -0.00639. The topological polar surface area (TPSA) is 41.5 Å². The lowest BCUT2D eigenvalue weighted by Gasteiger charge is -2.19. The van der Waals surface area contributed by atoms with Crippen LogP contribution >= 0.6 is 0 Å². The number of rotatable bonds is 3. The molecule has 0 radical (unpaired) electrons. The summed E-state index contributed by atoms with van der Waals surface area (Å²) in [5.74, 6) is 0. The molecule has 0 saturated carbocycles. The maximum atomic E-state index is 8.80. The van der Waals surface area contributed by atoms with E-state index in [-0.39, 0.29) is 12.7 Å². The van der Waals surface area contributed by atoms with E-state index in [1.165, 1.54) is 6.42 Å². The van der Waals surface area contributed by atoms with Crippen molar-refractivity contribution in [3.8, 4) is 0 Å². The molecule has 1 heterocycles. The second-order valence-corrected chi connectivity index (χ2v) is 3.43. The second kappa shape index (κ2) is 5.51. The molecule has 1 aliphatic rings. The molecule has 2 unspecified atom stereocenters. The summed E-state index contributed by atoms with van der Waals surface area (Å²) in [6, 6.07) is 0. The van der Waals surface area contributed by atoms with E-state index in [2.05, 4.69) is 5.32 Å². The van der Waals surface area contributed by atoms with Crippen molar-refractivity contribution in [1.29, 1.82) is 0 Å². The van der Waals surface area contributed by atoms with Gasteiger partial charge in [-0.25, -0.2) is 0 Å². The molecule has 0 aromatic carbocycles. The molecule has 0 aromatic heterocycles. The van der Waals surface area contributed by atoms with Crippen LogP contribution in [-0.4, -0.2) is 37.0 Å². The number of hydrogen-bond acceptors (Lipinski definition) is 3. The van der Waals surface area contributed by atoms with Crippen LogP contribution in [0.15, 0.2) is 0 Å². The summed E-state index contributed by atoms with van der Waals surface area (Å²) in [6.07, 6.45) is 3.72. The third-order valence-electron chi connectivity index (χ3n) is 2.20. The van der Waals surface area contributed by atoms with Crippen molar-refractivity contribution in [2.75, 3.05) is 19.7 Å². The predicted octanol–water partition coefficient (Wildman–Crippen LogP) is 0.526. The van der Waals surface area contributed by atoms with Crippen molar-refractivity contribution in [2.24, 2.45) is 0 Å². The van der Waals surface area contributed by atoms with Crippen LogP contribution in [0.5, 0.6) is 0 Å². The van der Waals surface area contributed by atoms with Gasteiger partial charge in [-0.2, -0.15) is 0 Å². The maximum Gasteiger partial charge on any atom is 0.0781 e. The van der Waals surface area contributed by atoms with Gasteiger partial charge in [-0.15, -0.1) is 0 Å². The molecule has 3 nitrogen and oxygen atoms in total. The Labute approximate surface area is 74.1 Å². The van der Waals surface area contributed by atoms with Crippen LogP contribution in [0.2, 0.25) is 0 Å². The smallest absolute Gasteiger partial charge is 0.0781 e. The number of hydrogen-bond donors (Lipinski definition) is 2. The number of ether oxygens (including phenoxy) is 1. The molecule has 0 amide bonds. The van der Waals surface area contributed by atoms with Gasteiger partial charge in [0.25, 0.3) is 0 Å². The Morgan fingerprint density at radius 3 is 3.08 bits per heavy atom. The van der Waals surface area contributed by atoms with Gasteiger partial charge in [0.1, 0.15) is 0 Å². The van der Waals surface area contributed by atoms with E-state index in [0.29, 0.717) is 6.10 Å². The van der Waals surface area contributed by atoms with Gasteiger partial charge in [0.15, 0.2) is 0 Å². The van der Waals surface area contributed by atoms with Crippen molar-refractivity contribution >= 4 is 0 Å². The van der Waals surface area contributed by atoms with Crippen molar-refractivity contribution in [3.05, 3.63) is 0 Å². The van der Waals surface area contributed by atoms with Gasteiger partial charge in [-0.3, -0.25) is 0 Å². The van der Waals surface area contributed by atoms with Crippen molar-refractivity contribution < 1.29 is 9.84 Å². The summed E-state index contributed by atoms with van der Waals surface area (Å²) >= 11 is 0. The summed E-state index contributed by atoms with van der Waals surface area (Å²) in [5, 5.41) is 12.1. The fourth-order valence-electron chi connectivity index (χ4n) is 1.49. The van der Waals surface area contributed by atoms with Gasteiger partial charge >= 0.3 is 0 Å². The lowest BCUT2D eigenvalue weighted by molar-refractivity contribution is -0.0335. The molecular formula is C9H19NO2. The zero-order valence-electron chi connectivity index (χ0n) is 7.75. The minimum absolute atomic E-state index is 0.00639. The van der Waals surface area contributed by atoms with Gasteiger partial charge in [-0.05, 0) is 39.3 Å². The first-order chi connectivity index (χ1) is 5.83. The third kappa shape index (κ3) is 3.52. The first-order valence-corrected chi connectivity index (χ1v) is 4.80. The molecular weight excluding hydrogens is 154 g/mol. The summed E-state index contributed by atoms with van der Waals surface area (Å²) in [7, 11) is 0. The molecule has 3 heteroatoms. The molecule has 1 fully saturated rings. The molecule has 1 aliphatic heterocycles. The van der Waals surface area contributed by atoms with Crippen LogP contribution in [-0.2, 0) is 4.74 Å². The normalized spacial score (nSPS) is 28.0. The number of nitrogens with one attached hydrogen (secondary N) is 1. The van der Waals surface area contributed by atoms with E-state index in [1.54, 1.807) is 0 Å². The largest absolute Gasteiger partial charge is 0.394 e. The van der Waals surface area contributed by atoms with E-state index >= 15 is 0 Å². The van der Waals surface area contributed by atoms with Crippen LogP contribution in [0.25, 0.3) is 0 Å². The minimum Gasteiger partial charge on any atom is -0.394 e. The third-order valence-corrected chi connectivity index (χ3v) is 2.20. The van der Waals surface area contributed by atoms with Crippen LogP contribution in [0.3, 0.4) is 0 Å².